The average molecular weight is 564 g/mol. The monoisotopic (exact) mass is 563 g/mol. The van der Waals surface area contributed by atoms with Gasteiger partial charge in [0.1, 0.15) is 11.6 Å². The summed E-state index contributed by atoms with van der Waals surface area (Å²) >= 11 is 6.80. The topological polar surface area (TPSA) is 80.0 Å². The zero-order valence-electron chi connectivity index (χ0n) is 24.0. The van der Waals surface area contributed by atoms with E-state index in [1.807, 2.05) is 39.8 Å². The lowest BCUT2D eigenvalue weighted by Gasteiger charge is -2.38. The first-order valence-electron chi connectivity index (χ1n) is 13.7. The summed E-state index contributed by atoms with van der Waals surface area (Å²) in [5.74, 6) is 1.05. The molecule has 1 aliphatic heterocycles. The lowest BCUT2D eigenvalue weighted by atomic mass is 9.95. The number of anilines is 2. The predicted molar refractivity (Wildman–Crippen MR) is 159 cm³/mol. The van der Waals surface area contributed by atoms with Crippen LogP contribution in [0.5, 0.6) is 0 Å². The third-order valence-electron chi connectivity index (χ3n) is 7.56. The second kappa shape index (κ2) is 10.8. The largest absolute Gasteiger partial charge is 0.355 e. The standard InChI is InChI=1S/C30H35ClFN7O/c1-16(2)24-26(19(5)33-29(35-24)37(6)7)39-28-21(14-22(31)25(34-28)20-10-8-9-11-23(20)32)27(36-30(39)40)38-15-17(3)12-13-18(38)4/h8-11,14,16-18H,12-13,15H2,1-7H3/t17-,18-/m0/s1. The van der Waals surface area contributed by atoms with Crippen LogP contribution in [-0.2, 0) is 0 Å². The van der Waals surface area contributed by atoms with Gasteiger partial charge in [-0.05, 0) is 56.7 Å². The van der Waals surface area contributed by atoms with Crippen LogP contribution in [-0.4, -0.2) is 51.2 Å². The van der Waals surface area contributed by atoms with Gasteiger partial charge in [-0.15, -0.1) is 0 Å². The van der Waals surface area contributed by atoms with Crippen molar-refractivity contribution in [2.24, 2.45) is 5.92 Å². The van der Waals surface area contributed by atoms with Gasteiger partial charge in [-0.3, -0.25) is 0 Å². The summed E-state index contributed by atoms with van der Waals surface area (Å²) in [6, 6.07) is 8.30. The van der Waals surface area contributed by atoms with Gasteiger partial charge in [0.2, 0.25) is 5.95 Å². The summed E-state index contributed by atoms with van der Waals surface area (Å²) in [6.07, 6.45) is 2.09. The first kappa shape index (κ1) is 28.0. The lowest BCUT2D eigenvalue weighted by Crippen LogP contribution is -2.43. The molecule has 0 aliphatic carbocycles. The maximum absolute atomic E-state index is 15.0. The van der Waals surface area contributed by atoms with Gasteiger partial charge in [-0.1, -0.05) is 44.5 Å². The van der Waals surface area contributed by atoms with Crippen molar-refractivity contribution in [2.75, 3.05) is 30.4 Å². The molecule has 0 N–H and O–H groups in total. The summed E-state index contributed by atoms with van der Waals surface area (Å²) in [6.45, 7) is 11.0. The van der Waals surface area contributed by atoms with Crippen LogP contribution in [0.1, 0.15) is 57.8 Å². The highest BCUT2D eigenvalue weighted by atomic mass is 35.5. The highest BCUT2D eigenvalue weighted by Crippen LogP contribution is 2.37. The highest BCUT2D eigenvalue weighted by molar-refractivity contribution is 6.33. The molecule has 0 saturated carbocycles. The Morgan fingerprint density at radius 2 is 1.80 bits per heavy atom. The minimum Gasteiger partial charge on any atom is -0.353 e. The van der Waals surface area contributed by atoms with Gasteiger partial charge in [0.25, 0.3) is 0 Å². The van der Waals surface area contributed by atoms with Crippen LogP contribution in [0.3, 0.4) is 0 Å². The van der Waals surface area contributed by atoms with Crippen LogP contribution >= 0.6 is 11.6 Å². The number of piperidine rings is 1. The first-order chi connectivity index (χ1) is 19.0. The van der Waals surface area contributed by atoms with Crippen molar-refractivity contribution in [3.05, 3.63) is 63.0 Å². The summed E-state index contributed by atoms with van der Waals surface area (Å²) in [4.78, 5) is 37.1. The average Bonchev–Trinajstić information content (AvgIpc) is 2.90. The molecule has 10 heteroatoms. The molecule has 210 valence electrons. The van der Waals surface area contributed by atoms with Crippen LogP contribution < -0.4 is 15.5 Å². The van der Waals surface area contributed by atoms with Gasteiger partial charge in [0, 0.05) is 32.2 Å². The van der Waals surface area contributed by atoms with E-state index >= 15 is 0 Å². The van der Waals surface area contributed by atoms with E-state index in [1.54, 1.807) is 24.3 Å². The Labute approximate surface area is 238 Å². The molecule has 1 aromatic carbocycles. The molecular formula is C30H35ClFN7O. The molecule has 0 unspecified atom stereocenters. The summed E-state index contributed by atoms with van der Waals surface area (Å²) in [7, 11) is 3.75. The maximum atomic E-state index is 15.0. The van der Waals surface area contributed by atoms with Crippen LogP contribution in [0, 0.1) is 18.7 Å². The number of aromatic nitrogens is 5. The minimum atomic E-state index is -0.492. The van der Waals surface area contributed by atoms with Gasteiger partial charge in [0.05, 0.1) is 33.2 Å². The second-order valence-electron chi connectivity index (χ2n) is 11.3. The van der Waals surface area contributed by atoms with E-state index in [4.69, 9.17) is 21.6 Å². The SMILES string of the molecule is Cc1nc(N(C)C)nc(C(C)C)c1-n1c(=O)nc(N2C[C@@H](C)CC[C@@H]2C)c2cc(Cl)c(-c3ccccc3F)nc21. The molecule has 0 radical (unpaired) electrons. The van der Waals surface area contributed by atoms with Gasteiger partial charge in [-0.25, -0.2) is 28.7 Å². The summed E-state index contributed by atoms with van der Waals surface area (Å²) < 4.78 is 16.4. The van der Waals surface area contributed by atoms with Crippen LogP contribution in [0.25, 0.3) is 28.0 Å². The van der Waals surface area contributed by atoms with E-state index < -0.39 is 11.5 Å². The van der Waals surface area contributed by atoms with Gasteiger partial charge >= 0.3 is 5.69 Å². The number of nitrogens with zero attached hydrogens (tertiary/aromatic N) is 7. The van der Waals surface area contributed by atoms with Crippen molar-refractivity contribution in [1.82, 2.24) is 24.5 Å². The van der Waals surface area contributed by atoms with Gasteiger partial charge in [-0.2, -0.15) is 4.98 Å². The maximum Gasteiger partial charge on any atom is 0.355 e. The number of hydrogen-bond acceptors (Lipinski definition) is 7. The smallest absolute Gasteiger partial charge is 0.353 e. The number of aryl methyl sites for hydroxylation is 1. The summed E-state index contributed by atoms with van der Waals surface area (Å²) in [5.41, 5.74) is 2.20. The van der Waals surface area contributed by atoms with E-state index in [2.05, 4.69) is 28.7 Å². The third-order valence-corrected chi connectivity index (χ3v) is 7.85. The quantitative estimate of drug-likeness (QED) is 0.288. The van der Waals surface area contributed by atoms with Crippen LogP contribution in [0.15, 0.2) is 35.1 Å². The Balaban J connectivity index is 1.90. The van der Waals surface area contributed by atoms with Crippen molar-refractivity contribution in [3.63, 3.8) is 0 Å². The molecule has 40 heavy (non-hydrogen) atoms. The number of pyridine rings is 1. The number of fused-ring (bicyclic) bond motifs is 1. The fourth-order valence-electron chi connectivity index (χ4n) is 5.40. The normalized spacial score (nSPS) is 17.6. The van der Waals surface area contributed by atoms with E-state index in [-0.39, 0.29) is 28.2 Å². The number of halogens is 2. The molecule has 2 atom stereocenters. The Morgan fingerprint density at radius 3 is 2.48 bits per heavy atom. The predicted octanol–water partition coefficient (Wildman–Crippen LogP) is 6.15. The van der Waals surface area contributed by atoms with Crippen molar-refractivity contribution >= 4 is 34.4 Å². The molecule has 5 rings (SSSR count). The Hall–Kier alpha value is -3.59. The van der Waals surface area contributed by atoms with Crippen LogP contribution in [0.2, 0.25) is 5.02 Å². The van der Waals surface area contributed by atoms with Gasteiger partial charge in [0.15, 0.2) is 5.65 Å². The zero-order valence-corrected chi connectivity index (χ0v) is 24.8. The molecule has 1 fully saturated rings. The molecule has 0 bridgehead atoms. The number of hydrogen-bond donors (Lipinski definition) is 0. The molecular weight excluding hydrogens is 529 g/mol. The molecule has 0 amide bonds. The minimum absolute atomic E-state index is 0.0293. The molecule has 3 aromatic heterocycles. The van der Waals surface area contributed by atoms with Crippen molar-refractivity contribution in [3.8, 4) is 16.9 Å². The number of benzene rings is 1. The van der Waals surface area contributed by atoms with Crippen LogP contribution in [0.4, 0.5) is 16.2 Å². The fourth-order valence-corrected chi connectivity index (χ4v) is 5.66. The van der Waals surface area contributed by atoms with E-state index in [9.17, 15) is 9.18 Å². The summed E-state index contributed by atoms with van der Waals surface area (Å²) in [5, 5.41) is 0.903. The molecule has 4 heterocycles. The highest BCUT2D eigenvalue weighted by Gasteiger charge is 2.29. The zero-order chi connectivity index (χ0) is 28.9. The molecule has 4 aromatic rings. The second-order valence-corrected chi connectivity index (χ2v) is 11.7. The third kappa shape index (κ3) is 4.91. The fraction of sp³-hybridized carbons (Fsp3) is 0.433. The molecule has 1 saturated heterocycles. The molecule has 8 nitrogen and oxygen atoms in total. The van der Waals surface area contributed by atoms with E-state index in [0.29, 0.717) is 45.8 Å². The van der Waals surface area contributed by atoms with Crippen molar-refractivity contribution in [2.45, 2.75) is 59.4 Å². The van der Waals surface area contributed by atoms with Crippen molar-refractivity contribution in [1.29, 1.82) is 0 Å². The molecule has 0 spiro atoms. The first-order valence-corrected chi connectivity index (χ1v) is 14.1. The Bertz CT molecular complexity index is 1650. The lowest BCUT2D eigenvalue weighted by molar-refractivity contribution is 0.388. The molecule has 1 aliphatic rings. The number of rotatable bonds is 5. The van der Waals surface area contributed by atoms with Gasteiger partial charge < -0.3 is 9.80 Å². The van der Waals surface area contributed by atoms with E-state index in [1.165, 1.54) is 10.6 Å². The van der Waals surface area contributed by atoms with E-state index in [0.717, 1.165) is 19.4 Å². The Kier molecular flexibility index (Phi) is 7.52. The van der Waals surface area contributed by atoms with Crippen molar-refractivity contribution < 1.29 is 4.39 Å². The Morgan fingerprint density at radius 1 is 1.07 bits per heavy atom.